The number of anilines is 2. The molecule has 4 aromatic rings. The van der Waals surface area contributed by atoms with E-state index in [2.05, 4.69) is 4.98 Å². The number of carbonyl (C=O) groups excluding carboxylic acids is 1. The number of amides is 1. The summed E-state index contributed by atoms with van der Waals surface area (Å²) in [4.78, 5) is 18.5. The number of hydrogen-bond acceptors (Lipinski definition) is 4. The molecule has 0 aliphatic carbocycles. The van der Waals surface area contributed by atoms with Gasteiger partial charge in [-0.3, -0.25) is 14.1 Å². The molecule has 162 valence electrons. The van der Waals surface area contributed by atoms with Crippen molar-refractivity contribution in [3.8, 4) is 0 Å². The summed E-state index contributed by atoms with van der Waals surface area (Å²) < 4.78 is 42.1. The molecule has 0 N–H and O–H groups in total. The second-order valence-corrected chi connectivity index (χ2v) is 8.96. The quantitative estimate of drug-likeness (QED) is 0.442. The monoisotopic (exact) mass is 449 g/mol. The molecule has 0 spiro atoms. The second kappa shape index (κ2) is 8.76. The minimum Gasteiger partial charge on any atom is -0.314 e. The molecule has 0 saturated heterocycles. The molecule has 6 nitrogen and oxygen atoms in total. The SMILES string of the molecule is CN(C(=O)CN(c1ccc(F)cc1)S(=O)(=O)c1cccc2cnccc12)c1ccccc1. The van der Waals surface area contributed by atoms with Crippen LogP contribution in [0.1, 0.15) is 0 Å². The van der Waals surface area contributed by atoms with Crippen molar-refractivity contribution in [1.82, 2.24) is 4.98 Å². The summed E-state index contributed by atoms with van der Waals surface area (Å²) in [5.41, 5.74) is 0.817. The number of likely N-dealkylation sites (N-methyl/N-ethyl adjacent to an activating group) is 1. The number of sulfonamides is 1. The van der Waals surface area contributed by atoms with Gasteiger partial charge in [0, 0.05) is 35.9 Å². The average molecular weight is 450 g/mol. The molecule has 0 atom stereocenters. The average Bonchev–Trinajstić information content (AvgIpc) is 2.82. The van der Waals surface area contributed by atoms with Crippen LogP contribution in [0.2, 0.25) is 0 Å². The number of fused-ring (bicyclic) bond motifs is 1. The van der Waals surface area contributed by atoms with E-state index in [1.165, 1.54) is 29.3 Å². The molecule has 1 amide bonds. The molecular formula is C24H20FN3O3S. The first-order valence-electron chi connectivity index (χ1n) is 9.80. The molecule has 0 aliphatic heterocycles. The van der Waals surface area contributed by atoms with Crippen molar-refractivity contribution in [2.75, 3.05) is 22.8 Å². The Morgan fingerprint density at radius 3 is 2.34 bits per heavy atom. The fourth-order valence-corrected chi connectivity index (χ4v) is 5.01. The molecule has 32 heavy (non-hydrogen) atoms. The molecule has 0 unspecified atom stereocenters. The standard InChI is InChI=1S/C24H20FN3O3S/c1-27(20-7-3-2-4-8-20)24(29)17-28(21-12-10-19(25)11-13-21)32(30,31)23-9-5-6-18-16-26-15-14-22(18)23/h2-16H,17H2,1H3. The first-order valence-corrected chi connectivity index (χ1v) is 11.2. The maximum atomic E-state index is 13.8. The summed E-state index contributed by atoms with van der Waals surface area (Å²) in [5, 5.41) is 1.14. The van der Waals surface area contributed by atoms with Crippen LogP contribution in [-0.4, -0.2) is 32.9 Å². The van der Waals surface area contributed by atoms with E-state index in [1.807, 2.05) is 6.07 Å². The predicted molar refractivity (Wildman–Crippen MR) is 123 cm³/mol. The Morgan fingerprint density at radius 1 is 0.906 bits per heavy atom. The number of halogens is 1. The summed E-state index contributed by atoms with van der Waals surface area (Å²) in [6, 6.07) is 20.4. The van der Waals surface area contributed by atoms with Crippen LogP contribution in [0.5, 0.6) is 0 Å². The fraction of sp³-hybridized carbons (Fsp3) is 0.0833. The van der Waals surface area contributed by atoms with Crippen molar-refractivity contribution in [2.45, 2.75) is 4.90 Å². The number of carbonyl (C=O) groups is 1. The van der Waals surface area contributed by atoms with Crippen LogP contribution in [-0.2, 0) is 14.8 Å². The normalized spacial score (nSPS) is 11.3. The van der Waals surface area contributed by atoms with Crippen LogP contribution in [0.3, 0.4) is 0 Å². The Balaban J connectivity index is 1.79. The van der Waals surface area contributed by atoms with Crippen LogP contribution in [0.25, 0.3) is 10.8 Å². The molecule has 0 fully saturated rings. The maximum absolute atomic E-state index is 13.8. The lowest BCUT2D eigenvalue weighted by Gasteiger charge is -2.27. The molecule has 4 rings (SSSR count). The van der Waals surface area contributed by atoms with Gasteiger partial charge in [-0.1, -0.05) is 30.3 Å². The third-order valence-corrected chi connectivity index (χ3v) is 6.95. The predicted octanol–water partition coefficient (Wildman–Crippen LogP) is 4.23. The van der Waals surface area contributed by atoms with Crippen LogP contribution < -0.4 is 9.21 Å². The topological polar surface area (TPSA) is 70.6 Å². The Hall–Kier alpha value is -3.78. The first-order chi connectivity index (χ1) is 15.4. The van der Waals surface area contributed by atoms with E-state index in [4.69, 9.17) is 0 Å². The van der Waals surface area contributed by atoms with Crippen molar-refractivity contribution in [3.63, 3.8) is 0 Å². The largest absolute Gasteiger partial charge is 0.314 e. The van der Waals surface area contributed by atoms with Gasteiger partial charge in [0.25, 0.3) is 10.0 Å². The number of hydrogen-bond donors (Lipinski definition) is 0. The third-order valence-electron chi connectivity index (χ3n) is 5.12. The van der Waals surface area contributed by atoms with E-state index < -0.39 is 28.3 Å². The van der Waals surface area contributed by atoms with E-state index in [0.29, 0.717) is 16.5 Å². The van der Waals surface area contributed by atoms with Gasteiger partial charge in [-0.15, -0.1) is 0 Å². The lowest BCUT2D eigenvalue weighted by atomic mass is 10.2. The maximum Gasteiger partial charge on any atom is 0.265 e. The highest BCUT2D eigenvalue weighted by Gasteiger charge is 2.30. The highest BCUT2D eigenvalue weighted by molar-refractivity contribution is 7.93. The van der Waals surface area contributed by atoms with E-state index in [-0.39, 0.29) is 10.6 Å². The molecule has 0 saturated carbocycles. The molecule has 1 heterocycles. The zero-order valence-electron chi connectivity index (χ0n) is 17.2. The van der Waals surface area contributed by atoms with Gasteiger partial charge in [0.2, 0.25) is 5.91 Å². The van der Waals surface area contributed by atoms with Crippen molar-refractivity contribution in [3.05, 3.63) is 97.1 Å². The van der Waals surface area contributed by atoms with Crippen molar-refractivity contribution in [2.24, 2.45) is 0 Å². The van der Waals surface area contributed by atoms with E-state index in [0.717, 1.165) is 16.4 Å². The van der Waals surface area contributed by atoms with Gasteiger partial charge < -0.3 is 4.90 Å². The summed E-state index contributed by atoms with van der Waals surface area (Å²) in [6.45, 7) is -0.458. The first kappa shape index (κ1) is 21.5. The molecular weight excluding hydrogens is 429 g/mol. The number of aromatic nitrogens is 1. The van der Waals surface area contributed by atoms with Crippen LogP contribution in [0.4, 0.5) is 15.8 Å². The van der Waals surface area contributed by atoms with Gasteiger partial charge in [0.05, 0.1) is 10.6 Å². The van der Waals surface area contributed by atoms with Gasteiger partial charge in [0.15, 0.2) is 0 Å². The Kier molecular flexibility index (Phi) is 5.87. The number of para-hydroxylation sites is 1. The third kappa shape index (κ3) is 4.17. The van der Waals surface area contributed by atoms with Gasteiger partial charge in [-0.25, -0.2) is 12.8 Å². The van der Waals surface area contributed by atoms with Crippen molar-refractivity contribution < 1.29 is 17.6 Å². The molecule has 3 aromatic carbocycles. The van der Waals surface area contributed by atoms with Crippen molar-refractivity contribution in [1.29, 1.82) is 0 Å². The molecule has 8 heteroatoms. The lowest BCUT2D eigenvalue weighted by Crippen LogP contribution is -2.41. The Bertz CT molecular complexity index is 1360. The minimum atomic E-state index is -4.17. The molecule has 0 bridgehead atoms. The fourth-order valence-electron chi connectivity index (χ4n) is 3.38. The Morgan fingerprint density at radius 2 is 1.62 bits per heavy atom. The van der Waals surface area contributed by atoms with Crippen LogP contribution in [0, 0.1) is 5.82 Å². The summed E-state index contributed by atoms with van der Waals surface area (Å²) in [6.07, 6.45) is 3.09. The smallest absolute Gasteiger partial charge is 0.265 e. The van der Waals surface area contributed by atoms with Gasteiger partial charge in [-0.05, 0) is 48.5 Å². The van der Waals surface area contributed by atoms with Gasteiger partial charge in [0.1, 0.15) is 12.4 Å². The molecule has 0 aliphatic rings. The van der Waals surface area contributed by atoms with Crippen LogP contribution in [0.15, 0.2) is 96.2 Å². The van der Waals surface area contributed by atoms with E-state index in [9.17, 15) is 17.6 Å². The second-order valence-electron chi connectivity index (χ2n) is 7.13. The minimum absolute atomic E-state index is 0.0388. The number of rotatable bonds is 6. The summed E-state index contributed by atoms with van der Waals surface area (Å²) in [7, 11) is -2.59. The van der Waals surface area contributed by atoms with Crippen LogP contribution >= 0.6 is 0 Å². The number of nitrogens with zero attached hydrogens (tertiary/aromatic N) is 3. The van der Waals surface area contributed by atoms with E-state index in [1.54, 1.807) is 55.7 Å². The lowest BCUT2D eigenvalue weighted by molar-refractivity contribution is -0.116. The van der Waals surface area contributed by atoms with Gasteiger partial charge >= 0.3 is 0 Å². The highest BCUT2D eigenvalue weighted by Crippen LogP contribution is 2.29. The molecule has 0 radical (unpaired) electrons. The van der Waals surface area contributed by atoms with Crippen molar-refractivity contribution >= 4 is 38.1 Å². The highest BCUT2D eigenvalue weighted by atomic mass is 32.2. The van der Waals surface area contributed by atoms with Gasteiger partial charge in [-0.2, -0.15) is 0 Å². The zero-order valence-corrected chi connectivity index (χ0v) is 18.0. The molecule has 1 aromatic heterocycles. The Labute approximate surface area is 185 Å². The number of benzene rings is 3. The summed E-state index contributed by atoms with van der Waals surface area (Å²) in [5.74, 6) is -0.943. The summed E-state index contributed by atoms with van der Waals surface area (Å²) >= 11 is 0. The number of pyridine rings is 1. The zero-order chi connectivity index (χ0) is 22.7. The van der Waals surface area contributed by atoms with E-state index >= 15 is 0 Å².